The van der Waals surface area contributed by atoms with E-state index in [4.69, 9.17) is 10.2 Å². The molecule has 0 aromatic carbocycles. The van der Waals surface area contributed by atoms with Gasteiger partial charge in [0.1, 0.15) is 21.0 Å². The molecule has 2 N–H and O–H groups in total. The van der Waals surface area contributed by atoms with Crippen LogP contribution in [0.15, 0.2) is 0 Å². The second kappa shape index (κ2) is 5.58. The Labute approximate surface area is 62.9 Å². The van der Waals surface area contributed by atoms with E-state index in [-0.39, 0.29) is 14.9 Å². The van der Waals surface area contributed by atoms with Crippen LogP contribution in [-0.4, -0.2) is 37.9 Å². The van der Waals surface area contributed by atoms with Crippen LogP contribution in [0.4, 0.5) is 0 Å². The maximum absolute atomic E-state index is 10.8. The highest BCUT2D eigenvalue weighted by molar-refractivity contribution is 6.74. The summed E-state index contributed by atoms with van der Waals surface area (Å²) in [6, 6.07) is 0.871. The lowest BCUT2D eigenvalue weighted by atomic mass is 10.4. The Kier molecular flexibility index (Phi) is 5.47. The number of carbonyl (C=O) groups excluding carboxylic acids is 1. The largest absolute Gasteiger partial charge is 0.393 e. The minimum Gasteiger partial charge on any atom is -0.393 e. The molecule has 59 valence electrons. The van der Waals surface area contributed by atoms with Crippen molar-refractivity contribution in [1.29, 1.82) is 0 Å². The Hall–Kier alpha value is -0.193. The maximum Gasteiger partial charge on any atom is 0.135 e. The molecule has 0 aliphatic carbocycles. The summed E-state index contributed by atoms with van der Waals surface area (Å²) >= 11 is 0. The van der Waals surface area contributed by atoms with Crippen LogP contribution in [-0.2, 0) is 4.79 Å². The molecule has 10 heavy (non-hydrogen) atoms. The summed E-state index contributed by atoms with van der Waals surface area (Å²) in [6.07, 6.45) is -0.152. The second-order valence-corrected chi connectivity index (χ2v) is 3.65. The van der Waals surface area contributed by atoms with Crippen molar-refractivity contribution in [2.24, 2.45) is 0 Å². The van der Waals surface area contributed by atoms with Gasteiger partial charge in [0.15, 0.2) is 0 Å². The molecule has 0 heterocycles. The van der Waals surface area contributed by atoms with Gasteiger partial charge >= 0.3 is 0 Å². The van der Waals surface area contributed by atoms with Gasteiger partial charge in [-0.25, -0.2) is 0 Å². The van der Waals surface area contributed by atoms with Gasteiger partial charge in [-0.2, -0.15) is 0 Å². The third-order valence-electron chi connectivity index (χ3n) is 1.14. The van der Waals surface area contributed by atoms with E-state index in [1.54, 1.807) is 0 Å². The highest BCUT2D eigenvalue weighted by Crippen LogP contribution is 1.90. The average molecular weight is 161 g/mol. The van der Waals surface area contributed by atoms with Gasteiger partial charge in [-0.05, 0) is 0 Å². The molecule has 0 bridgehead atoms. The number of hydrogen-bond donors (Lipinski definition) is 2. The molecule has 0 aromatic heterocycles. The monoisotopic (exact) mass is 161 g/mol. The molecule has 0 fully saturated rings. The number of hydrogen-bond acceptors (Lipinski definition) is 3. The second-order valence-electron chi connectivity index (χ2n) is 2.09. The van der Waals surface area contributed by atoms with Crippen molar-refractivity contribution in [1.82, 2.24) is 0 Å². The van der Waals surface area contributed by atoms with Gasteiger partial charge < -0.3 is 15.0 Å². The number of rotatable bonds is 5. The van der Waals surface area contributed by atoms with Crippen molar-refractivity contribution in [3.63, 3.8) is 0 Å². The Morgan fingerprint density at radius 2 is 2.30 bits per heavy atom. The fourth-order valence-electron chi connectivity index (χ4n) is 0.513. The van der Waals surface area contributed by atoms with Crippen LogP contribution in [0.1, 0.15) is 13.3 Å². The van der Waals surface area contributed by atoms with Crippen LogP contribution < -0.4 is 0 Å². The van der Waals surface area contributed by atoms with Crippen LogP contribution in [0.2, 0.25) is 6.04 Å². The van der Waals surface area contributed by atoms with E-state index in [9.17, 15) is 4.79 Å². The summed E-state index contributed by atoms with van der Waals surface area (Å²) in [5, 5.41) is 16.9. The molecule has 3 nitrogen and oxygen atoms in total. The van der Waals surface area contributed by atoms with Crippen molar-refractivity contribution in [2.45, 2.75) is 25.5 Å². The topological polar surface area (TPSA) is 57.5 Å². The zero-order chi connectivity index (χ0) is 7.98. The smallest absolute Gasteiger partial charge is 0.135 e. The van der Waals surface area contributed by atoms with Gasteiger partial charge in [0.25, 0.3) is 0 Å². The lowest BCUT2D eigenvalue weighted by Gasteiger charge is -2.03. The van der Waals surface area contributed by atoms with E-state index in [2.05, 4.69) is 0 Å². The number of aliphatic hydroxyl groups excluding tert-OH is 2. The Morgan fingerprint density at radius 3 is 2.70 bits per heavy atom. The molecule has 4 heteroatoms. The molecule has 0 aliphatic heterocycles. The molecule has 0 saturated carbocycles. The summed E-state index contributed by atoms with van der Waals surface area (Å²) in [7, 11) is -0.314. The Balaban J connectivity index is 3.42. The zero-order valence-corrected chi connectivity index (χ0v) is 7.23. The van der Waals surface area contributed by atoms with Crippen molar-refractivity contribution in [3.8, 4) is 0 Å². The molecular formula is C6H13O3Si. The van der Waals surface area contributed by atoms with Crippen molar-refractivity contribution >= 4 is 14.9 Å². The fraction of sp³-hybridized carbons (Fsp3) is 0.833. The SMILES string of the molecule is CCC[SiH]C(=O)C(O)CO. The van der Waals surface area contributed by atoms with Crippen LogP contribution in [0.25, 0.3) is 0 Å². The average Bonchev–Trinajstić information content (AvgIpc) is 1.98. The molecular weight excluding hydrogens is 148 g/mol. The summed E-state index contributed by atoms with van der Waals surface area (Å²) in [5.74, 6) is 0. The van der Waals surface area contributed by atoms with Crippen molar-refractivity contribution in [3.05, 3.63) is 0 Å². The first kappa shape index (κ1) is 9.81. The highest BCUT2D eigenvalue weighted by atomic mass is 28.2. The maximum atomic E-state index is 10.8. The first-order valence-electron chi connectivity index (χ1n) is 3.38. The predicted octanol–water partition coefficient (Wildman–Crippen LogP) is -0.869. The first-order valence-corrected chi connectivity index (χ1v) is 4.77. The van der Waals surface area contributed by atoms with E-state index in [1.807, 2.05) is 6.92 Å². The lowest BCUT2D eigenvalue weighted by Crippen LogP contribution is -2.28. The van der Waals surface area contributed by atoms with Crippen molar-refractivity contribution < 1.29 is 15.0 Å². The Bertz CT molecular complexity index is 105. The van der Waals surface area contributed by atoms with Crippen LogP contribution in [0.5, 0.6) is 0 Å². The van der Waals surface area contributed by atoms with Gasteiger partial charge in [0, 0.05) is 0 Å². The third-order valence-corrected chi connectivity index (χ3v) is 2.79. The summed E-state index contributed by atoms with van der Waals surface area (Å²) < 4.78 is 0. The molecule has 0 amide bonds. The normalized spacial score (nSPS) is 13.1. The quantitative estimate of drug-likeness (QED) is 0.515. The fourth-order valence-corrected chi connectivity index (χ4v) is 1.46. The molecule has 1 unspecified atom stereocenters. The number of aliphatic hydroxyl groups is 2. The standard InChI is InChI=1S/C6H13O3Si/c1-2-3-10-6(9)5(8)4-7/h5,7-8,10H,2-4H2,1H3. The van der Waals surface area contributed by atoms with Crippen LogP contribution >= 0.6 is 0 Å². The molecule has 0 aromatic rings. The minimum absolute atomic E-state index is 0.177. The third kappa shape index (κ3) is 3.76. The molecule has 1 radical (unpaired) electrons. The zero-order valence-electron chi connectivity index (χ0n) is 6.08. The van der Waals surface area contributed by atoms with Gasteiger partial charge in [0.05, 0.1) is 6.61 Å². The van der Waals surface area contributed by atoms with E-state index >= 15 is 0 Å². The van der Waals surface area contributed by atoms with Gasteiger partial charge in [-0.3, -0.25) is 0 Å². The molecule has 0 spiro atoms. The van der Waals surface area contributed by atoms with E-state index in [1.165, 1.54) is 0 Å². The summed E-state index contributed by atoms with van der Waals surface area (Å²) in [4.78, 5) is 10.8. The van der Waals surface area contributed by atoms with E-state index in [0.717, 1.165) is 12.5 Å². The van der Waals surface area contributed by atoms with E-state index in [0.29, 0.717) is 0 Å². The minimum atomic E-state index is -1.12. The van der Waals surface area contributed by atoms with Gasteiger partial charge in [-0.1, -0.05) is 19.4 Å². The van der Waals surface area contributed by atoms with Crippen LogP contribution in [0, 0.1) is 0 Å². The predicted molar refractivity (Wildman–Crippen MR) is 40.3 cm³/mol. The van der Waals surface area contributed by atoms with Gasteiger partial charge in [-0.15, -0.1) is 0 Å². The Morgan fingerprint density at radius 1 is 1.70 bits per heavy atom. The molecule has 0 saturated heterocycles. The van der Waals surface area contributed by atoms with Gasteiger partial charge in [0.2, 0.25) is 0 Å². The molecule has 0 aliphatic rings. The first-order chi connectivity index (χ1) is 4.72. The van der Waals surface area contributed by atoms with E-state index < -0.39 is 12.7 Å². The lowest BCUT2D eigenvalue weighted by molar-refractivity contribution is -0.121. The highest BCUT2D eigenvalue weighted by Gasteiger charge is 2.12. The van der Waals surface area contributed by atoms with Crippen LogP contribution in [0.3, 0.4) is 0 Å². The van der Waals surface area contributed by atoms with Crippen molar-refractivity contribution in [2.75, 3.05) is 6.61 Å². The summed E-state index contributed by atoms with van der Waals surface area (Å²) in [6.45, 7) is 1.56. The summed E-state index contributed by atoms with van der Waals surface area (Å²) in [5.41, 5.74) is 0. The molecule has 1 atom stereocenters. The molecule has 0 rings (SSSR count). The number of carbonyl (C=O) groups is 1.